The van der Waals surface area contributed by atoms with Crippen LogP contribution in [0.5, 0.6) is 0 Å². The van der Waals surface area contributed by atoms with Crippen LogP contribution in [0.25, 0.3) is 0 Å². The van der Waals surface area contributed by atoms with E-state index in [0.29, 0.717) is 19.5 Å². The second-order valence-corrected chi connectivity index (χ2v) is 10.3. The third-order valence-corrected chi connectivity index (χ3v) is 8.05. The largest absolute Gasteiger partial charge is 0.416 e. The zero-order valence-electron chi connectivity index (χ0n) is 17.4. The summed E-state index contributed by atoms with van der Waals surface area (Å²) >= 11 is 0. The van der Waals surface area contributed by atoms with Crippen molar-refractivity contribution in [2.45, 2.75) is 49.2 Å². The van der Waals surface area contributed by atoms with Crippen molar-refractivity contribution >= 4 is 15.9 Å². The molecule has 2 aliphatic rings. The Morgan fingerprint density at radius 3 is 2.19 bits per heavy atom. The molecule has 2 aromatic rings. The first kappa shape index (κ1) is 22.8. The van der Waals surface area contributed by atoms with Crippen LogP contribution in [0.2, 0.25) is 0 Å². The Kier molecular flexibility index (Phi) is 6.31. The number of halogens is 3. The van der Waals surface area contributed by atoms with Crippen LogP contribution in [-0.4, -0.2) is 31.7 Å². The van der Waals surface area contributed by atoms with Gasteiger partial charge in [0.25, 0.3) is 0 Å². The lowest BCUT2D eigenvalue weighted by molar-refractivity contribution is -0.137. The Balaban J connectivity index is 1.30. The SMILES string of the molecule is O=C(NCc1ccc(S(=O)(=O)N2CCCCC2)cc1)C1CC1c1ccc(C(F)(F)F)cc1. The molecule has 1 aliphatic carbocycles. The maximum absolute atomic E-state index is 12.7. The minimum absolute atomic E-state index is 0.0747. The maximum atomic E-state index is 12.7. The van der Waals surface area contributed by atoms with Gasteiger partial charge in [-0.15, -0.1) is 0 Å². The number of hydrogen-bond acceptors (Lipinski definition) is 3. The fourth-order valence-electron chi connectivity index (χ4n) is 4.13. The van der Waals surface area contributed by atoms with Gasteiger partial charge in [0, 0.05) is 25.6 Å². The summed E-state index contributed by atoms with van der Waals surface area (Å²) in [7, 11) is -3.49. The first-order valence-electron chi connectivity index (χ1n) is 10.7. The second kappa shape index (κ2) is 8.86. The van der Waals surface area contributed by atoms with Gasteiger partial charge in [-0.3, -0.25) is 4.79 Å². The van der Waals surface area contributed by atoms with Crippen LogP contribution < -0.4 is 5.32 Å². The average molecular weight is 467 g/mol. The molecule has 5 nitrogen and oxygen atoms in total. The van der Waals surface area contributed by atoms with Crippen molar-refractivity contribution in [1.29, 1.82) is 0 Å². The highest BCUT2D eigenvalue weighted by molar-refractivity contribution is 7.89. The molecule has 1 heterocycles. The van der Waals surface area contributed by atoms with Gasteiger partial charge >= 0.3 is 6.18 Å². The minimum atomic E-state index is -4.37. The number of nitrogens with zero attached hydrogens (tertiary/aromatic N) is 1. The molecule has 2 unspecified atom stereocenters. The summed E-state index contributed by atoms with van der Waals surface area (Å²) in [6.07, 6.45) is -0.979. The fourth-order valence-corrected chi connectivity index (χ4v) is 5.64. The molecule has 1 N–H and O–H groups in total. The van der Waals surface area contributed by atoms with E-state index in [1.165, 1.54) is 16.4 Å². The van der Waals surface area contributed by atoms with Crippen molar-refractivity contribution < 1.29 is 26.4 Å². The summed E-state index contributed by atoms with van der Waals surface area (Å²) < 4.78 is 65.0. The molecule has 32 heavy (non-hydrogen) atoms. The Bertz CT molecular complexity index is 1060. The molecule has 0 radical (unpaired) electrons. The number of carbonyl (C=O) groups excluding carboxylic acids is 1. The Hall–Kier alpha value is -2.39. The molecule has 2 aromatic carbocycles. The Morgan fingerprint density at radius 1 is 0.969 bits per heavy atom. The van der Waals surface area contributed by atoms with Gasteiger partial charge in [0.1, 0.15) is 0 Å². The third kappa shape index (κ3) is 4.99. The molecule has 0 bridgehead atoms. The summed E-state index contributed by atoms with van der Waals surface area (Å²) in [5, 5.41) is 2.84. The van der Waals surface area contributed by atoms with Gasteiger partial charge in [-0.05, 0) is 60.6 Å². The highest BCUT2D eigenvalue weighted by Crippen LogP contribution is 2.48. The van der Waals surface area contributed by atoms with E-state index in [4.69, 9.17) is 0 Å². The number of amides is 1. The zero-order valence-corrected chi connectivity index (χ0v) is 18.3. The van der Waals surface area contributed by atoms with Gasteiger partial charge in [0.2, 0.25) is 15.9 Å². The molecule has 2 atom stereocenters. The topological polar surface area (TPSA) is 66.5 Å². The van der Waals surface area contributed by atoms with E-state index in [0.717, 1.165) is 42.5 Å². The van der Waals surface area contributed by atoms with Gasteiger partial charge in [-0.25, -0.2) is 8.42 Å². The third-order valence-electron chi connectivity index (χ3n) is 6.14. The normalized spacial score (nSPS) is 21.8. The average Bonchev–Trinajstić information content (AvgIpc) is 3.59. The molecule has 2 fully saturated rings. The van der Waals surface area contributed by atoms with Crippen molar-refractivity contribution in [1.82, 2.24) is 9.62 Å². The van der Waals surface area contributed by atoms with E-state index in [-0.39, 0.29) is 29.2 Å². The number of alkyl halides is 3. The van der Waals surface area contributed by atoms with Gasteiger partial charge < -0.3 is 5.32 Å². The van der Waals surface area contributed by atoms with Gasteiger partial charge in [-0.1, -0.05) is 30.7 Å². The van der Waals surface area contributed by atoms with Crippen LogP contribution in [0.3, 0.4) is 0 Å². The van der Waals surface area contributed by atoms with E-state index >= 15 is 0 Å². The molecule has 9 heteroatoms. The lowest BCUT2D eigenvalue weighted by Gasteiger charge is -2.25. The lowest BCUT2D eigenvalue weighted by atomic mass is 10.1. The predicted octanol–water partition coefficient (Wildman–Crippen LogP) is 4.30. The van der Waals surface area contributed by atoms with Crippen LogP contribution in [-0.2, 0) is 27.5 Å². The van der Waals surface area contributed by atoms with E-state index in [1.807, 2.05) is 0 Å². The molecule has 1 amide bonds. The van der Waals surface area contributed by atoms with Crippen molar-refractivity contribution in [3.05, 3.63) is 65.2 Å². The molecule has 0 spiro atoms. The van der Waals surface area contributed by atoms with Crippen molar-refractivity contribution in [2.75, 3.05) is 13.1 Å². The monoisotopic (exact) mass is 466 g/mol. The summed E-state index contributed by atoms with van der Waals surface area (Å²) in [4.78, 5) is 12.7. The van der Waals surface area contributed by atoms with Crippen LogP contribution in [0.15, 0.2) is 53.4 Å². The highest BCUT2D eigenvalue weighted by atomic mass is 32.2. The van der Waals surface area contributed by atoms with Crippen LogP contribution in [0.1, 0.15) is 48.3 Å². The summed E-state index contributed by atoms with van der Waals surface area (Å²) in [6, 6.07) is 11.5. The first-order valence-corrected chi connectivity index (χ1v) is 12.1. The Morgan fingerprint density at radius 2 is 1.59 bits per heavy atom. The molecule has 1 aliphatic heterocycles. The number of nitrogens with one attached hydrogen (secondary N) is 1. The number of piperidine rings is 1. The van der Waals surface area contributed by atoms with Gasteiger partial charge in [-0.2, -0.15) is 17.5 Å². The highest BCUT2D eigenvalue weighted by Gasteiger charge is 2.44. The fraction of sp³-hybridized carbons (Fsp3) is 0.435. The second-order valence-electron chi connectivity index (χ2n) is 8.39. The standard InChI is InChI=1S/C23H25F3N2O3S/c24-23(25,26)18-8-6-17(7-9-18)20-14-21(20)22(29)27-15-16-4-10-19(11-5-16)32(30,31)28-12-2-1-3-13-28/h4-11,20-21H,1-3,12-15H2,(H,27,29). The maximum Gasteiger partial charge on any atom is 0.416 e. The van der Waals surface area contributed by atoms with E-state index in [9.17, 15) is 26.4 Å². The molecule has 4 rings (SSSR count). The summed E-state index contributed by atoms with van der Waals surface area (Å²) in [5.74, 6) is -0.486. The number of rotatable bonds is 6. The van der Waals surface area contributed by atoms with Crippen molar-refractivity contribution in [3.63, 3.8) is 0 Å². The van der Waals surface area contributed by atoms with Crippen molar-refractivity contribution in [3.8, 4) is 0 Å². The van der Waals surface area contributed by atoms with E-state index in [1.54, 1.807) is 24.3 Å². The smallest absolute Gasteiger partial charge is 0.352 e. The molecular weight excluding hydrogens is 441 g/mol. The number of hydrogen-bond donors (Lipinski definition) is 1. The lowest BCUT2D eigenvalue weighted by Crippen LogP contribution is -2.35. The van der Waals surface area contributed by atoms with Crippen LogP contribution >= 0.6 is 0 Å². The van der Waals surface area contributed by atoms with Crippen LogP contribution in [0, 0.1) is 5.92 Å². The predicted molar refractivity (Wildman–Crippen MR) is 113 cm³/mol. The number of sulfonamides is 1. The van der Waals surface area contributed by atoms with Crippen LogP contribution in [0.4, 0.5) is 13.2 Å². The van der Waals surface area contributed by atoms with E-state index in [2.05, 4.69) is 5.32 Å². The molecule has 172 valence electrons. The molecular formula is C23H25F3N2O3S. The summed E-state index contributed by atoms with van der Waals surface area (Å²) in [6.45, 7) is 1.35. The van der Waals surface area contributed by atoms with Gasteiger partial charge in [0.15, 0.2) is 0 Å². The first-order chi connectivity index (χ1) is 15.2. The Labute approximate surface area is 185 Å². The molecule has 0 aromatic heterocycles. The minimum Gasteiger partial charge on any atom is -0.352 e. The molecule has 1 saturated carbocycles. The van der Waals surface area contributed by atoms with Gasteiger partial charge in [0.05, 0.1) is 10.5 Å². The summed E-state index contributed by atoms with van der Waals surface area (Å²) in [5.41, 5.74) is 0.807. The zero-order chi connectivity index (χ0) is 22.9. The molecule has 1 saturated heterocycles. The number of carbonyl (C=O) groups is 1. The quantitative estimate of drug-likeness (QED) is 0.690. The van der Waals surface area contributed by atoms with Crippen molar-refractivity contribution in [2.24, 2.45) is 5.92 Å². The number of benzene rings is 2. The van der Waals surface area contributed by atoms with E-state index < -0.39 is 21.8 Å².